The Balaban J connectivity index is 3.92. The Bertz CT molecular complexity index is 187. The summed E-state index contributed by atoms with van der Waals surface area (Å²) >= 11 is 0. The van der Waals surface area contributed by atoms with Gasteiger partial charge >= 0.3 is 5.97 Å². The molecular formula is C11H23NO3. The Morgan fingerprint density at radius 1 is 1.47 bits per heavy atom. The molecule has 0 spiro atoms. The van der Waals surface area contributed by atoms with Gasteiger partial charge in [0.05, 0.1) is 13.5 Å². The van der Waals surface area contributed by atoms with Crippen molar-refractivity contribution in [3.63, 3.8) is 0 Å². The minimum Gasteiger partial charge on any atom is -0.469 e. The molecule has 0 bridgehead atoms. The smallest absolute Gasteiger partial charge is 0.306 e. The molecule has 0 aromatic heterocycles. The van der Waals surface area contributed by atoms with Crippen molar-refractivity contribution in [1.29, 1.82) is 0 Å². The molecule has 0 aromatic carbocycles. The highest BCUT2D eigenvalue weighted by Crippen LogP contribution is 2.21. The molecule has 0 saturated carbocycles. The third kappa shape index (κ3) is 6.47. The topological polar surface area (TPSA) is 58.6 Å². The number of aliphatic hydroxyl groups is 1. The number of carbonyl (C=O) groups excluding carboxylic acids is 1. The van der Waals surface area contributed by atoms with E-state index in [9.17, 15) is 4.79 Å². The van der Waals surface area contributed by atoms with Crippen LogP contribution in [0.25, 0.3) is 0 Å². The lowest BCUT2D eigenvalue weighted by molar-refractivity contribution is -0.140. The van der Waals surface area contributed by atoms with Gasteiger partial charge in [0.2, 0.25) is 0 Å². The summed E-state index contributed by atoms with van der Waals surface area (Å²) in [6.45, 7) is 7.08. The molecule has 0 aliphatic carbocycles. The first-order chi connectivity index (χ1) is 6.91. The van der Waals surface area contributed by atoms with Gasteiger partial charge in [-0.2, -0.15) is 0 Å². The fraction of sp³-hybridized carbons (Fsp3) is 0.909. The monoisotopic (exact) mass is 217 g/mol. The van der Waals surface area contributed by atoms with E-state index in [1.54, 1.807) is 0 Å². The van der Waals surface area contributed by atoms with Crippen LogP contribution in [0.2, 0.25) is 0 Å². The Labute approximate surface area is 92.0 Å². The van der Waals surface area contributed by atoms with Crippen molar-refractivity contribution in [3.8, 4) is 0 Å². The highest BCUT2D eigenvalue weighted by atomic mass is 16.5. The molecule has 2 N–H and O–H groups in total. The van der Waals surface area contributed by atoms with Crippen LogP contribution in [-0.4, -0.2) is 37.4 Å². The summed E-state index contributed by atoms with van der Waals surface area (Å²) in [7, 11) is 1.39. The molecule has 0 aliphatic heterocycles. The molecule has 0 radical (unpaired) electrons. The van der Waals surface area contributed by atoms with Crippen LogP contribution in [0, 0.1) is 5.41 Å². The van der Waals surface area contributed by atoms with Crippen LogP contribution in [0.1, 0.15) is 33.6 Å². The van der Waals surface area contributed by atoms with Crippen LogP contribution in [0.3, 0.4) is 0 Å². The van der Waals surface area contributed by atoms with E-state index in [0.29, 0.717) is 19.4 Å². The number of methoxy groups -OCH3 is 1. The van der Waals surface area contributed by atoms with Gasteiger partial charge in [-0.05, 0) is 11.8 Å². The molecule has 1 unspecified atom stereocenters. The summed E-state index contributed by atoms with van der Waals surface area (Å²) < 4.78 is 4.55. The lowest BCUT2D eigenvalue weighted by atomic mass is 9.85. The molecular weight excluding hydrogens is 194 g/mol. The van der Waals surface area contributed by atoms with Gasteiger partial charge in [0.15, 0.2) is 0 Å². The molecule has 1 atom stereocenters. The van der Waals surface area contributed by atoms with Gasteiger partial charge < -0.3 is 15.2 Å². The van der Waals surface area contributed by atoms with Crippen LogP contribution in [0.5, 0.6) is 0 Å². The number of aliphatic hydroxyl groups excluding tert-OH is 1. The molecule has 0 aliphatic rings. The quantitative estimate of drug-likeness (QED) is 0.650. The molecule has 4 nitrogen and oxygen atoms in total. The van der Waals surface area contributed by atoms with Crippen molar-refractivity contribution in [2.45, 2.75) is 39.7 Å². The molecule has 15 heavy (non-hydrogen) atoms. The molecule has 0 rings (SSSR count). The van der Waals surface area contributed by atoms with E-state index < -0.39 is 0 Å². The second kappa shape index (κ2) is 6.80. The number of rotatable bonds is 6. The zero-order valence-electron chi connectivity index (χ0n) is 10.2. The maximum absolute atomic E-state index is 10.9. The number of hydrogen-bond acceptors (Lipinski definition) is 4. The third-order valence-electron chi connectivity index (χ3n) is 2.41. The normalized spacial score (nSPS) is 13.7. The Kier molecular flexibility index (Phi) is 6.52. The van der Waals surface area contributed by atoms with E-state index >= 15 is 0 Å². The number of hydrogen-bond donors (Lipinski definition) is 2. The fourth-order valence-corrected chi connectivity index (χ4v) is 1.42. The van der Waals surface area contributed by atoms with Gasteiger partial charge in [-0.1, -0.05) is 20.8 Å². The maximum Gasteiger partial charge on any atom is 0.306 e. The van der Waals surface area contributed by atoms with Crippen molar-refractivity contribution in [2.24, 2.45) is 5.41 Å². The predicted molar refractivity (Wildman–Crippen MR) is 59.6 cm³/mol. The van der Waals surface area contributed by atoms with Gasteiger partial charge in [0.1, 0.15) is 0 Å². The largest absolute Gasteiger partial charge is 0.469 e. The third-order valence-corrected chi connectivity index (χ3v) is 2.41. The van der Waals surface area contributed by atoms with E-state index in [0.717, 1.165) is 0 Å². The molecule has 0 amide bonds. The summed E-state index contributed by atoms with van der Waals surface area (Å²) in [5.41, 5.74) is 0.0822. The number of carbonyl (C=O) groups is 1. The van der Waals surface area contributed by atoms with Crippen molar-refractivity contribution in [3.05, 3.63) is 0 Å². The fourth-order valence-electron chi connectivity index (χ4n) is 1.42. The first-order valence-electron chi connectivity index (χ1n) is 5.33. The molecule has 0 heterocycles. The minimum atomic E-state index is -0.209. The van der Waals surface area contributed by atoms with Crippen molar-refractivity contribution >= 4 is 5.97 Å². The molecule has 0 fully saturated rings. The van der Waals surface area contributed by atoms with Gasteiger partial charge in [0, 0.05) is 19.2 Å². The highest BCUT2D eigenvalue weighted by molar-refractivity contribution is 5.69. The second-order valence-electron chi connectivity index (χ2n) is 4.71. The summed E-state index contributed by atoms with van der Waals surface area (Å²) in [6.07, 6.45) is 1.07. The van der Waals surface area contributed by atoms with Crippen LogP contribution in [-0.2, 0) is 9.53 Å². The molecule has 0 aromatic rings. The maximum atomic E-state index is 10.9. The van der Waals surface area contributed by atoms with Gasteiger partial charge in [-0.15, -0.1) is 0 Å². The highest BCUT2D eigenvalue weighted by Gasteiger charge is 2.23. The SMILES string of the molecule is COC(=O)CCNC(CCO)C(C)(C)C. The first-order valence-corrected chi connectivity index (χ1v) is 5.33. The lowest BCUT2D eigenvalue weighted by Crippen LogP contribution is -2.41. The van der Waals surface area contributed by atoms with Crippen molar-refractivity contribution < 1.29 is 14.6 Å². The average molecular weight is 217 g/mol. The first kappa shape index (κ1) is 14.4. The number of esters is 1. The van der Waals surface area contributed by atoms with Crippen LogP contribution in [0.4, 0.5) is 0 Å². The average Bonchev–Trinajstić information content (AvgIpc) is 2.14. The van der Waals surface area contributed by atoms with Crippen LogP contribution >= 0.6 is 0 Å². The Morgan fingerprint density at radius 3 is 2.47 bits per heavy atom. The van der Waals surface area contributed by atoms with Gasteiger partial charge in [-0.25, -0.2) is 0 Å². The lowest BCUT2D eigenvalue weighted by Gasteiger charge is -2.31. The molecule has 0 saturated heterocycles. The van der Waals surface area contributed by atoms with E-state index in [4.69, 9.17) is 5.11 Å². The Morgan fingerprint density at radius 2 is 2.07 bits per heavy atom. The van der Waals surface area contributed by atoms with E-state index in [1.165, 1.54) is 7.11 Å². The molecule has 4 heteroatoms. The summed E-state index contributed by atoms with van der Waals surface area (Å²) in [6, 6.07) is 0.215. The van der Waals surface area contributed by atoms with E-state index in [-0.39, 0.29) is 24.0 Å². The van der Waals surface area contributed by atoms with Crippen LogP contribution in [0.15, 0.2) is 0 Å². The van der Waals surface area contributed by atoms with Gasteiger partial charge in [0.25, 0.3) is 0 Å². The second-order valence-corrected chi connectivity index (χ2v) is 4.71. The molecule has 90 valence electrons. The zero-order valence-corrected chi connectivity index (χ0v) is 10.2. The standard InChI is InChI=1S/C11H23NO3/c1-11(2,3)9(6-8-13)12-7-5-10(14)15-4/h9,12-13H,5-8H2,1-4H3. The van der Waals surface area contributed by atoms with Gasteiger partial charge in [-0.3, -0.25) is 4.79 Å². The number of ether oxygens (including phenoxy) is 1. The summed E-state index contributed by atoms with van der Waals surface area (Å²) in [5, 5.41) is 12.2. The summed E-state index contributed by atoms with van der Waals surface area (Å²) in [4.78, 5) is 10.9. The van der Waals surface area contributed by atoms with Crippen LogP contribution < -0.4 is 5.32 Å². The van der Waals surface area contributed by atoms with Crippen molar-refractivity contribution in [1.82, 2.24) is 5.32 Å². The zero-order chi connectivity index (χ0) is 11.9. The van der Waals surface area contributed by atoms with E-state index in [1.807, 2.05) is 0 Å². The van der Waals surface area contributed by atoms with E-state index in [2.05, 4.69) is 30.8 Å². The predicted octanol–water partition coefficient (Wildman–Crippen LogP) is 0.936. The summed E-state index contributed by atoms with van der Waals surface area (Å²) in [5.74, 6) is -0.209. The van der Waals surface area contributed by atoms with Crippen molar-refractivity contribution in [2.75, 3.05) is 20.3 Å². The number of nitrogens with one attached hydrogen (secondary N) is 1. The Hall–Kier alpha value is -0.610. The minimum absolute atomic E-state index is 0.0822.